The molecule has 1 heterocycles. The number of nitrogens with zero attached hydrogens (tertiary/aromatic N) is 1. The predicted molar refractivity (Wildman–Crippen MR) is 118 cm³/mol. The van der Waals surface area contributed by atoms with Gasteiger partial charge in [0.05, 0.1) is 5.69 Å². The molecule has 0 unspecified atom stereocenters. The van der Waals surface area contributed by atoms with Crippen molar-refractivity contribution in [2.45, 2.75) is 55.0 Å². The van der Waals surface area contributed by atoms with Crippen LogP contribution >= 0.6 is 0 Å². The number of hydrogen-bond acceptors (Lipinski definition) is 2. The molecule has 0 aliphatic rings. The lowest BCUT2D eigenvalue weighted by Crippen LogP contribution is -2.13. The van der Waals surface area contributed by atoms with Gasteiger partial charge in [0.15, 0.2) is 7.85 Å². The summed E-state index contributed by atoms with van der Waals surface area (Å²) < 4.78 is 2.04. The zero-order valence-electron chi connectivity index (χ0n) is 17.7. The van der Waals surface area contributed by atoms with Crippen LogP contribution in [0, 0.1) is 34.6 Å². The molecule has 3 nitrogen and oxygen atoms in total. The Balaban J connectivity index is 0.00000118. The van der Waals surface area contributed by atoms with Crippen molar-refractivity contribution >= 4 is 24.4 Å². The van der Waals surface area contributed by atoms with Crippen molar-refractivity contribution in [2.75, 3.05) is 0 Å². The summed E-state index contributed by atoms with van der Waals surface area (Å²) in [6, 6.07) is 9.92. The second-order valence-electron chi connectivity index (χ2n) is 6.64. The van der Waals surface area contributed by atoms with Crippen molar-refractivity contribution in [3.05, 3.63) is 69.4 Å². The minimum atomic E-state index is -0.387. The summed E-state index contributed by atoms with van der Waals surface area (Å²) in [6.07, 6.45) is 0. The van der Waals surface area contributed by atoms with Crippen LogP contribution in [-0.2, 0) is 6.54 Å². The maximum Gasteiger partial charge on any atom is 0.177 e. The third-order valence-electron chi connectivity index (χ3n) is 5.53. The predicted octanol–water partition coefficient (Wildman–Crippen LogP) is 5.73. The zero-order chi connectivity index (χ0) is 19.6. The number of hydrogen-bond donors (Lipinski definition) is 1. The van der Waals surface area contributed by atoms with Crippen molar-refractivity contribution in [3.63, 3.8) is 0 Å². The Kier molecular flexibility index (Phi) is 7.61. The van der Waals surface area contributed by atoms with Gasteiger partial charge in [0.1, 0.15) is 5.68 Å². The first kappa shape index (κ1) is 22.7. The second kappa shape index (κ2) is 9.05. The Labute approximate surface area is 164 Å². The Hall–Kier alpha value is -2.33. The van der Waals surface area contributed by atoms with Crippen molar-refractivity contribution in [1.29, 1.82) is 0 Å². The van der Waals surface area contributed by atoms with Gasteiger partial charge in [-0.3, -0.25) is 0 Å². The Bertz CT molecular complexity index is 941. The van der Waals surface area contributed by atoms with Gasteiger partial charge in [-0.1, -0.05) is 32.0 Å². The summed E-state index contributed by atoms with van der Waals surface area (Å²) in [5.74, 6) is 0. The molecule has 0 atom stereocenters. The van der Waals surface area contributed by atoms with Crippen LogP contribution < -0.4 is 6.15 Å². The normalized spacial score (nSPS) is 10.2. The van der Waals surface area contributed by atoms with E-state index in [1.165, 1.54) is 33.4 Å². The lowest BCUT2D eigenvalue weighted by atomic mass is 9.89. The van der Waals surface area contributed by atoms with Gasteiger partial charge in [0, 0.05) is 17.4 Å². The van der Waals surface area contributed by atoms with Crippen molar-refractivity contribution in [3.8, 4) is 0 Å². The van der Waals surface area contributed by atoms with Crippen molar-refractivity contribution in [2.24, 2.45) is 0 Å². The fraction of sp³-hybridized carbons (Fsp3) is 0.348. The molecule has 27 heavy (non-hydrogen) atoms. The Morgan fingerprint density at radius 1 is 0.889 bits per heavy atom. The first-order valence-electron chi connectivity index (χ1n) is 9.26. The van der Waals surface area contributed by atoms with Crippen LogP contribution in [0.4, 0.5) is 0 Å². The van der Waals surface area contributed by atoms with E-state index in [4.69, 9.17) is 7.85 Å². The molecule has 0 aliphatic heterocycles. The maximum absolute atomic E-state index is 11.9. The van der Waals surface area contributed by atoms with Gasteiger partial charge in [-0.25, -0.2) is 0 Å². The fourth-order valence-corrected chi connectivity index (χ4v) is 3.56. The van der Waals surface area contributed by atoms with Crippen LogP contribution in [0.1, 0.15) is 57.7 Å². The number of aromatic nitrogens is 1. The van der Waals surface area contributed by atoms with Gasteiger partial charge in [0.25, 0.3) is 0 Å². The van der Waals surface area contributed by atoms with Gasteiger partial charge in [-0.05, 0) is 80.1 Å². The molecule has 0 bridgehead atoms. The average Bonchev–Trinajstić information content (AvgIpc) is 3.02. The minimum Gasteiger partial charge on any atom is -0.344 e. The quantitative estimate of drug-likeness (QED) is 0.605. The molecular weight excluding hydrogens is 331 g/mol. The van der Waals surface area contributed by atoms with Crippen LogP contribution in [0.2, 0.25) is 0 Å². The summed E-state index contributed by atoms with van der Waals surface area (Å²) in [6.45, 7) is 15.5. The van der Waals surface area contributed by atoms with Crippen LogP contribution in [0.25, 0.3) is 10.9 Å². The number of para-hydroxylation sites is 1. The SMILES string of the molecule is CC.N.[B]C(=O)c1cc2ccccc2n1Cc1c(C)c(C)c(C)c(C)c1C. The van der Waals surface area contributed by atoms with Crippen molar-refractivity contribution < 1.29 is 4.79 Å². The molecule has 3 aromatic rings. The topological polar surface area (TPSA) is 57.0 Å². The van der Waals surface area contributed by atoms with E-state index < -0.39 is 0 Å². The lowest BCUT2D eigenvalue weighted by molar-refractivity contribution is 0.107. The highest BCUT2D eigenvalue weighted by Gasteiger charge is 2.17. The Morgan fingerprint density at radius 3 is 1.89 bits per heavy atom. The third kappa shape index (κ3) is 4.01. The summed E-state index contributed by atoms with van der Waals surface area (Å²) in [5, 5.41) is 1.04. The van der Waals surface area contributed by atoms with Crippen LogP contribution in [0.3, 0.4) is 0 Å². The molecule has 0 amide bonds. The molecule has 3 rings (SSSR count). The van der Waals surface area contributed by atoms with Gasteiger partial charge in [-0.15, -0.1) is 0 Å². The number of rotatable bonds is 3. The van der Waals surface area contributed by atoms with E-state index in [1.807, 2.05) is 48.7 Å². The highest BCUT2D eigenvalue weighted by atomic mass is 16.1. The molecule has 3 N–H and O–H groups in total. The number of carbonyl (C=O) groups excluding carboxylic acids is 1. The molecule has 0 spiro atoms. The molecule has 0 fully saturated rings. The Morgan fingerprint density at radius 2 is 1.37 bits per heavy atom. The monoisotopic (exact) mass is 362 g/mol. The minimum absolute atomic E-state index is 0. The average molecular weight is 362 g/mol. The smallest absolute Gasteiger partial charge is 0.177 e. The molecule has 2 radical (unpaired) electrons. The molecule has 142 valence electrons. The maximum atomic E-state index is 11.9. The number of fused-ring (bicyclic) bond motifs is 1. The largest absolute Gasteiger partial charge is 0.344 e. The zero-order valence-corrected chi connectivity index (χ0v) is 17.7. The van der Waals surface area contributed by atoms with E-state index in [2.05, 4.69) is 34.6 Å². The molecule has 0 aliphatic carbocycles. The van der Waals surface area contributed by atoms with Gasteiger partial charge in [0.2, 0.25) is 0 Å². The summed E-state index contributed by atoms with van der Waals surface area (Å²) in [7, 11) is 5.63. The molecule has 2 aromatic carbocycles. The van der Waals surface area contributed by atoms with Crippen LogP contribution in [-0.4, -0.2) is 18.1 Å². The molecule has 4 heteroatoms. The molecule has 0 saturated heterocycles. The standard InChI is InChI=1S/C21H22BNO.C2H6.H3N/c1-12-13(2)15(4)18(16(5)14(12)3)11-23-19-9-7-6-8-17(19)10-20(23)21(22)24;1-2;/h6-10H,11H2,1-5H3;1-2H3;1H3. The van der Waals surface area contributed by atoms with E-state index in [1.54, 1.807) is 0 Å². The summed E-state index contributed by atoms with van der Waals surface area (Å²) in [4.78, 5) is 11.9. The number of benzene rings is 2. The van der Waals surface area contributed by atoms with Gasteiger partial charge < -0.3 is 15.5 Å². The number of carbonyl (C=O) groups is 1. The molecular formula is C23H31BN2O. The van der Waals surface area contributed by atoms with E-state index in [-0.39, 0.29) is 11.8 Å². The highest BCUT2D eigenvalue weighted by Crippen LogP contribution is 2.29. The van der Waals surface area contributed by atoms with E-state index in [0.29, 0.717) is 12.2 Å². The highest BCUT2D eigenvalue weighted by molar-refractivity contribution is 6.62. The fourth-order valence-electron chi connectivity index (χ4n) is 3.56. The van der Waals surface area contributed by atoms with E-state index in [9.17, 15) is 4.79 Å². The first-order chi connectivity index (χ1) is 12.3. The van der Waals surface area contributed by atoms with Crippen molar-refractivity contribution in [1.82, 2.24) is 10.7 Å². The lowest BCUT2D eigenvalue weighted by Gasteiger charge is -2.20. The first-order valence-corrected chi connectivity index (χ1v) is 9.26. The second-order valence-corrected chi connectivity index (χ2v) is 6.64. The van der Waals surface area contributed by atoms with Crippen LogP contribution in [0.15, 0.2) is 30.3 Å². The summed E-state index contributed by atoms with van der Waals surface area (Å²) >= 11 is 0. The van der Waals surface area contributed by atoms with Gasteiger partial charge >= 0.3 is 0 Å². The molecule has 1 aromatic heterocycles. The van der Waals surface area contributed by atoms with Gasteiger partial charge in [-0.2, -0.15) is 0 Å². The summed E-state index contributed by atoms with van der Waals surface area (Å²) in [5.41, 5.74) is 9.08. The van der Waals surface area contributed by atoms with E-state index >= 15 is 0 Å². The molecule has 0 saturated carbocycles. The van der Waals surface area contributed by atoms with E-state index in [0.717, 1.165) is 10.9 Å². The van der Waals surface area contributed by atoms with Crippen LogP contribution in [0.5, 0.6) is 0 Å². The third-order valence-corrected chi connectivity index (χ3v) is 5.53.